The quantitative estimate of drug-likeness (QED) is 0.776. The highest BCUT2D eigenvalue weighted by atomic mass is 19.4. The molecular formula is C9H17F3N2O. The van der Waals surface area contributed by atoms with Crippen LogP contribution in [0, 0.1) is 0 Å². The van der Waals surface area contributed by atoms with Gasteiger partial charge in [0, 0.05) is 25.2 Å². The van der Waals surface area contributed by atoms with Gasteiger partial charge in [-0.3, -0.25) is 4.90 Å². The standard InChI is InChI=1S/C9H17F3N2O/c1-7(4-13)14(6-9(10,11)12)8-2-3-15-5-8/h7-8H,2-6,13H2,1H3. The summed E-state index contributed by atoms with van der Waals surface area (Å²) in [4.78, 5) is 1.40. The van der Waals surface area contributed by atoms with Gasteiger partial charge in [-0.25, -0.2) is 0 Å². The van der Waals surface area contributed by atoms with E-state index in [-0.39, 0.29) is 18.6 Å². The number of nitrogens with two attached hydrogens (primary N) is 1. The first kappa shape index (κ1) is 12.7. The Balaban J connectivity index is 2.59. The van der Waals surface area contributed by atoms with Crippen molar-refractivity contribution in [3.63, 3.8) is 0 Å². The Morgan fingerprint density at radius 1 is 1.53 bits per heavy atom. The Labute approximate surface area is 87.4 Å². The van der Waals surface area contributed by atoms with Gasteiger partial charge in [0.2, 0.25) is 0 Å². The molecule has 1 aliphatic rings. The summed E-state index contributed by atoms with van der Waals surface area (Å²) < 4.78 is 42.1. The van der Waals surface area contributed by atoms with Gasteiger partial charge in [-0.05, 0) is 13.3 Å². The van der Waals surface area contributed by atoms with Gasteiger partial charge in [0.1, 0.15) is 0 Å². The van der Waals surface area contributed by atoms with E-state index in [2.05, 4.69) is 0 Å². The maximum absolute atomic E-state index is 12.3. The van der Waals surface area contributed by atoms with Gasteiger partial charge in [-0.1, -0.05) is 0 Å². The van der Waals surface area contributed by atoms with Crippen molar-refractivity contribution < 1.29 is 17.9 Å². The summed E-state index contributed by atoms with van der Waals surface area (Å²) in [7, 11) is 0. The zero-order valence-corrected chi connectivity index (χ0v) is 8.76. The molecule has 2 atom stereocenters. The van der Waals surface area contributed by atoms with E-state index in [1.807, 2.05) is 0 Å². The summed E-state index contributed by atoms with van der Waals surface area (Å²) in [5.41, 5.74) is 5.41. The van der Waals surface area contributed by atoms with Crippen molar-refractivity contribution in [1.29, 1.82) is 0 Å². The SMILES string of the molecule is CC(CN)N(CC(F)(F)F)C1CCOC1. The van der Waals surface area contributed by atoms with Crippen LogP contribution in [0.4, 0.5) is 13.2 Å². The molecule has 90 valence electrons. The van der Waals surface area contributed by atoms with E-state index in [4.69, 9.17) is 10.5 Å². The summed E-state index contributed by atoms with van der Waals surface area (Å²) in [6, 6.07) is -0.413. The molecule has 0 spiro atoms. The Morgan fingerprint density at radius 3 is 2.60 bits per heavy atom. The Morgan fingerprint density at radius 2 is 2.20 bits per heavy atom. The Bertz CT molecular complexity index is 192. The lowest BCUT2D eigenvalue weighted by Gasteiger charge is -2.33. The van der Waals surface area contributed by atoms with E-state index in [9.17, 15) is 13.2 Å². The topological polar surface area (TPSA) is 38.5 Å². The van der Waals surface area contributed by atoms with E-state index in [0.717, 1.165) is 0 Å². The minimum absolute atomic E-state index is 0.148. The molecule has 2 N–H and O–H groups in total. The minimum Gasteiger partial charge on any atom is -0.380 e. The van der Waals surface area contributed by atoms with E-state index in [0.29, 0.717) is 19.6 Å². The molecule has 0 radical (unpaired) electrons. The first-order chi connectivity index (χ1) is 6.94. The molecule has 3 nitrogen and oxygen atoms in total. The fourth-order valence-electron chi connectivity index (χ4n) is 1.77. The van der Waals surface area contributed by atoms with Crippen molar-refractivity contribution in [3.8, 4) is 0 Å². The number of rotatable bonds is 4. The van der Waals surface area contributed by atoms with E-state index >= 15 is 0 Å². The van der Waals surface area contributed by atoms with Crippen LogP contribution >= 0.6 is 0 Å². The monoisotopic (exact) mass is 226 g/mol. The number of hydrogen-bond donors (Lipinski definition) is 1. The molecule has 0 aromatic carbocycles. The average molecular weight is 226 g/mol. The molecule has 1 aliphatic heterocycles. The molecule has 1 fully saturated rings. The maximum atomic E-state index is 12.3. The predicted octanol–water partition coefficient (Wildman–Crippen LogP) is 0.987. The van der Waals surface area contributed by atoms with Crippen molar-refractivity contribution in [1.82, 2.24) is 4.90 Å². The van der Waals surface area contributed by atoms with Gasteiger partial charge in [-0.2, -0.15) is 13.2 Å². The van der Waals surface area contributed by atoms with Gasteiger partial charge < -0.3 is 10.5 Å². The van der Waals surface area contributed by atoms with Gasteiger partial charge in [0.25, 0.3) is 0 Å². The largest absolute Gasteiger partial charge is 0.401 e. The number of hydrogen-bond acceptors (Lipinski definition) is 3. The molecule has 2 unspecified atom stereocenters. The van der Waals surface area contributed by atoms with E-state index in [1.54, 1.807) is 6.92 Å². The zero-order chi connectivity index (χ0) is 11.5. The second kappa shape index (κ2) is 5.14. The van der Waals surface area contributed by atoms with Crippen molar-refractivity contribution in [3.05, 3.63) is 0 Å². The van der Waals surface area contributed by atoms with Crippen molar-refractivity contribution >= 4 is 0 Å². The third-order valence-electron chi connectivity index (χ3n) is 2.64. The average Bonchev–Trinajstić information content (AvgIpc) is 2.64. The van der Waals surface area contributed by atoms with Gasteiger partial charge in [-0.15, -0.1) is 0 Å². The highest BCUT2D eigenvalue weighted by molar-refractivity contribution is 4.82. The van der Waals surface area contributed by atoms with Gasteiger partial charge in [0.15, 0.2) is 0 Å². The number of halogens is 3. The van der Waals surface area contributed by atoms with Crippen LogP contribution in [0.2, 0.25) is 0 Å². The molecule has 0 amide bonds. The van der Waals surface area contributed by atoms with Crippen LogP contribution in [0.1, 0.15) is 13.3 Å². The molecule has 0 bridgehead atoms. The molecule has 15 heavy (non-hydrogen) atoms. The predicted molar refractivity (Wildman–Crippen MR) is 50.5 cm³/mol. The molecule has 0 aliphatic carbocycles. The molecule has 0 aromatic heterocycles. The van der Waals surface area contributed by atoms with Crippen LogP contribution in [-0.2, 0) is 4.74 Å². The van der Waals surface area contributed by atoms with Crippen molar-refractivity contribution in [2.75, 3.05) is 26.3 Å². The second-order valence-corrected chi connectivity index (χ2v) is 3.89. The summed E-state index contributed by atoms with van der Waals surface area (Å²) in [5.74, 6) is 0. The van der Waals surface area contributed by atoms with Gasteiger partial charge in [0.05, 0.1) is 13.2 Å². The summed E-state index contributed by atoms with van der Waals surface area (Å²) in [6.07, 6.45) is -3.52. The number of nitrogens with zero attached hydrogens (tertiary/aromatic N) is 1. The molecule has 1 rings (SSSR count). The zero-order valence-electron chi connectivity index (χ0n) is 8.76. The van der Waals surface area contributed by atoms with E-state index < -0.39 is 12.7 Å². The fraction of sp³-hybridized carbons (Fsp3) is 1.00. The van der Waals surface area contributed by atoms with Crippen LogP contribution in [0.25, 0.3) is 0 Å². The Kier molecular flexibility index (Phi) is 4.36. The van der Waals surface area contributed by atoms with Crippen molar-refractivity contribution in [2.45, 2.75) is 31.6 Å². The highest BCUT2D eigenvalue weighted by Crippen LogP contribution is 2.22. The van der Waals surface area contributed by atoms with E-state index in [1.165, 1.54) is 4.90 Å². The molecular weight excluding hydrogens is 209 g/mol. The molecule has 6 heteroatoms. The van der Waals surface area contributed by atoms with Crippen LogP contribution < -0.4 is 5.73 Å². The van der Waals surface area contributed by atoms with Crippen LogP contribution in [0.3, 0.4) is 0 Å². The summed E-state index contributed by atoms with van der Waals surface area (Å²) >= 11 is 0. The second-order valence-electron chi connectivity index (χ2n) is 3.89. The lowest BCUT2D eigenvalue weighted by atomic mass is 10.1. The maximum Gasteiger partial charge on any atom is 0.401 e. The summed E-state index contributed by atoms with van der Waals surface area (Å²) in [6.45, 7) is 1.95. The molecule has 0 aromatic rings. The van der Waals surface area contributed by atoms with Crippen LogP contribution in [0.15, 0.2) is 0 Å². The first-order valence-corrected chi connectivity index (χ1v) is 5.04. The summed E-state index contributed by atoms with van der Waals surface area (Å²) in [5, 5.41) is 0. The number of ether oxygens (including phenoxy) is 1. The number of alkyl halides is 3. The lowest BCUT2D eigenvalue weighted by molar-refractivity contribution is -0.155. The lowest BCUT2D eigenvalue weighted by Crippen LogP contribution is -2.49. The van der Waals surface area contributed by atoms with Crippen LogP contribution in [0.5, 0.6) is 0 Å². The van der Waals surface area contributed by atoms with Crippen LogP contribution in [-0.4, -0.2) is 49.5 Å². The normalized spacial score (nSPS) is 24.8. The molecule has 1 heterocycles. The third kappa shape index (κ3) is 3.96. The molecule has 0 saturated carbocycles. The molecule has 1 saturated heterocycles. The van der Waals surface area contributed by atoms with Crippen molar-refractivity contribution in [2.24, 2.45) is 5.73 Å². The first-order valence-electron chi connectivity index (χ1n) is 5.04. The fourth-order valence-corrected chi connectivity index (χ4v) is 1.77. The Hall–Kier alpha value is -0.330. The highest BCUT2D eigenvalue weighted by Gasteiger charge is 2.36. The van der Waals surface area contributed by atoms with Gasteiger partial charge >= 0.3 is 6.18 Å². The third-order valence-corrected chi connectivity index (χ3v) is 2.64. The minimum atomic E-state index is -4.17. The smallest absolute Gasteiger partial charge is 0.380 e.